The van der Waals surface area contributed by atoms with Crippen LogP contribution in [0.4, 0.5) is 5.13 Å². The number of benzene rings is 2. The number of methoxy groups -OCH3 is 1. The molecule has 2 heterocycles. The average Bonchev–Trinajstić information content (AvgIpc) is 3.29. The number of hydrogen-bond acceptors (Lipinski definition) is 8. The molecule has 1 aliphatic heterocycles. The van der Waals surface area contributed by atoms with Gasteiger partial charge in [-0.1, -0.05) is 17.4 Å². The molecule has 4 rings (SSSR count). The summed E-state index contributed by atoms with van der Waals surface area (Å²) >= 11 is 1.49. The summed E-state index contributed by atoms with van der Waals surface area (Å²) in [5.74, 6) is 1.95. The Balaban J connectivity index is 1.48. The van der Waals surface area contributed by atoms with Crippen molar-refractivity contribution in [1.29, 1.82) is 0 Å². The lowest BCUT2D eigenvalue weighted by Crippen LogP contribution is -2.40. The number of thiazole rings is 1. The number of aromatic nitrogens is 1. The van der Waals surface area contributed by atoms with Crippen molar-refractivity contribution in [2.24, 2.45) is 0 Å². The average molecular weight is 486 g/mol. The van der Waals surface area contributed by atoms with Gasteiger partial charge >= 0.3 is 0 Å². The molecule has 1 aliphatic rings. The first-order valence-corrected chi connectivity index (χ1v) is 12.4. The molecule has 0 atom stereocenters. The van der Waals surface area contributed by atoms with Crippen LogP contribution >= 0.6 is 11.3 Å². The maximum atomic E-state index is 13.3. The van der Waals surface area contributed by atoms with Crippen molar-refractivity contribution in [2.75, 3.05) is 64.6 Å². The molecule has 0 unspecified atom stereocenters. The van der Waals surface area contributed by atoms with Crippen molar-refractivity contribution >= 4 is 32.6 Å². The molecular formula is C25H31N3O5S. The van der Waals surface area contributed by atoms with E-state index >= 15 is 0 Å². The molecule has 0 N–H and O–H groups in total. The van der Waals surface area contributed by atoms with E-state index < -0.39 is 0 Å². The minimum Gasteiger partial charge on any atom is -0.497 e. The van der Waals surface area contributed by atoms with Crippen molar-refractivity contribution in [3.05, 3.63) is 42.5 Å². The van der Waals surface area contributed by atoms with Gasteiger partial charge in [0.2, 0.25) is 0 Å². The lowest BCUT2D eigenvalue weighted by molar-refractivity contribution is -0.120. The predicted octanol–water partition coefficient (Wildman–Crippen LogP) is 3.84. The van der Waals surface area contributed by atoms with Crippen molar-refractivity contribution < 1.29 is 23.7 Å². The summed E-state index contributed by atoms with van der Waals surface area (Å²) < 4.78 is 23.1. The SMILES string of the molecule is CCOc1ccc2nc(N(CCCN3CCOCC3)C(=O)COc3cccc(OC)c3)sc2c1. The third-order valence-corrected chi connectivity index (χ3v) is 6.60. The van der Waals surface area contributed by atoms with Crippen molar-refractivity contribution in [2.45, 2.75) is 13.3 Å². The van der Waals surface area contributed by atoms with E-state index in [0.717, 1.165) is 55.2 Å². The Morgan fingerprint density at radius 2 is 1.91 bits per heavy atom. The predicted molar refractivity (Wildman–Crippen MR) is 134 cm³/mol. The van der Waals surface area contributed by atoms with Crippen LogP contribution in [0.2, 0.25) is 0 Å². The van der Waals surface area contributed by atoms with Crippen LogP contribution < -0.4 is 19.1 Å². The molecule has 1 amide bonds. The molecule has 0 radical (unpaired) electrons. The van der Waals surface area contributed by atoms with E-state index in [1.807, 2.05) is 43.3 Å². The van der Waals surface area contributed by atoms with Crippen LogP contribution in [-0.4, -0.2) is 75.5 Å². The quantitative estimate of drug-likeness (QED) is 0.409. The van der Waals surface area contributed by atoms with E-state index in [2.05, 4.69) is 4.90 Å². The van der Waals surface area contributed by atoms with E-state index in [9.17, 15) is 4.79 Å². The highest BCUT2D eigenvalue weighted by Gasteiger charge is 2.21. The summed E-state index contributed by atoms with van der Waals surface area (Å²) in [5, 5.41) is 0.671. The lowest BCUT2D eigenvalue weighted by atomic mass is 10.3. The van der Waals surface area contributed by atoms with Gasteiger partial charge in [-0.15, -0.1) is 0 Å². The summed E-state index contributed by atoms with van der Waals surface area (Å²) in [6.45, 7) is 7.32. The molecule has 34 heavy (non-hydrogen) atoms. The van der Waals surface area contributed by atoms with Gasteiger partial charge in [0.1, 0.15) is 17.2 Å². The first-order chi connectivity index (χ1) is 16.7. The number of ether oxygens (including phenoxy) is 4. The number of anilines is 1. The molecule has 0 bridgehead atoms. The fourth-order valence-electron chi connectivity index (χ4n) is 3.78. The Bertz CT molecular complexity index is 1080. The van der Waals surface area contributed by atoms with Crippen LogP contribution in [-0.2, 0) is 9.53 Å². The van der Waals surface area contributed by atoms with Crippen LogP contribution in [0, 0.1) is 0 Å². The number of fused-ring (bicyclic) bond motifs is 1. The first-order valence-electron chi connectivity index (χ1n) is 11.6. The number of morpholine rings is 1. The highest BCUT2D eigenvalue weighted by atomic mass is 32.1. The number of carbonyl (C=O) groups is 1. The largest absolute Gasteiger partial charge is 0.497 e. The van der Waals surface area contributed by atoms with E-state index in [0.29, 0.717) is 29.8 Å². The molecule has 3 aromatic rings. The summed E-state index contributed by atoms with van der Waals surface area (Å²) in [6.07, 6.45) is 0.838. The van der Waals surface area contributed by atoms with Gasteiger partial charge in [0.05, 0.1) is 37.1 Å². The first kappa shape index (κ1) is 24.3. The summed E-state index contributed by atoms with van der Waals surface area (Å²) in [4.78, 5) is 22.1. The number of carbonyl (C=O) groups excluding carboxylic acids is 1. The Morgan fingerprint density at radius 1 is 1.12 bits per heavy atom. The van der Waals surface area contributed by atoms with Crippen molar-refractivity contribution in [3.63, 3.8) is 0 Å². The normalized spacial score (nSPS) is 14.2. The molecule has 1 aromatic heterocycles. The number of amides is 1. The Kier molecular flexibility index (Phi) is 8.56. The molecule has 0 aliphatic carbocycles. The van der Waals surface area contributed by atoms with Gasteiger partial charge < -0.3 is 18.9 Å². The summed E-state index contributed by atoms with van der Waals surface area (Å²) in [5.41, 5.74) is 0.850. The molecular weight excluding hydrogens is 454 g/mol. The molecule has 1 fully saturated rings. The fraction of sp³-hybridized carbons (Fsp3) is 0.440. The lowest BCUT2D eigenvalue weighted by Gasteiger charge is -2.27. The maximum absolute atomic E-state index is 13.3. The van der Waals surface area contributed by atoms with Crippen molar-refractivity contribution in [1.82, 2.24) is 9.88 Å². The van der Waals surface area contributed by atoms with E-state index in [-0.39, 0.29) is 12.5 Å². The minimum atomic E-state index is -0.131. The van der Waals surface area contributed by atoms with Crippen LogP contribution in [0.1, 0.15) is 13.3 Å². The van der Waals surface area contributed by atoms with Gasteiger partial charge in [-0.2, -0.15) is 0 Å². The fourth-order valence-corrected chi connectivity index (χ4v) is 4.82. The van der Waals surface area contributed by atoms with E-state index in [4.69, 9.17) is 23.9 Å². The summed E-state index contributed by atoms with van der Waals surface area (Å²) in [6, 6.07) is 13.1. The molecule has 9 heteroatoms. The van der Waals surface area contributed by atoms with Gasteiger partial charge in [-0.25, -0.2) is 4.98 Å². The molecule has 8 nitrogen and oxygen atoms in total. The summed E-state index contributed by atoms with van der Waals surface area (Å²) in [7, 11) is 1.60. The highest BCUT2D eigenvalue weighted by Crippen LogP contribution is 2.32. The molecule has 0 saturated carbocycles. The van der Waals surface area contributed by atoms with Crippen molar-refractivity contribution in [3.8, 4) is 17.2 Å². The van der Waals surface area contributed by atoms with E-state index in [1.54, 1.807) is 18.1 Å². The number of hydrogen-bond donors (Lipinski definition) is 0. The second kappa shape index (κ2) is 12.0. The molecule has 0 spiro atoms. The second-order valence-corrected chi connectivity index (χ2v) is 8.89. The highest BCUT2D eigenvalue weighted by molar-refractivity contribution is 7.22. The topological polar surface area (TPSA) is 73.4 Å². The zero-order valence-corrected chi connectivity index (χ0v) is 20.5. The van der Waals surface area contributed by atoms with Gasteiger partial charge in [-0.05, 0) is 43.7 Å². The van der Waals surface area contributed by atoms with Gasteiger partial charge in [0.15, 0.2) is 11.7 Å². The standard InChI is InChI=1S/C25H31N3O5S/c1-3-32-21-8-9-22-23(17-21)34-25(26-22)28(11-5-10-27-12-14-31-15-13-27)24(29)18-33-20-7-4-6-19(16-20)30-2/h4,6-9,16-17H,3,5,10-15,18H2,1-2H3. The van der Waals surface area contributed by atoms with Gasteiger partial charge in [0, 0.05) is 32.2 Å². The third-order valence-electron chi connectivity index (χ3n) is 5.55. The Labute approximate surface area is 204 Å². The Morgan fingerprint density at radius 3 is 2.71 bits per heavy atom. The van der Waals surface area contributed by atoms with E-state index in [1.165, 1.54) is 11.3 Å². The monoisotopic (exact) mass is 485 g/mol. The Hall–Kier alpha value is -2.88. The maximum Gasteiger partial charge on any atom is 0.266 e. The van der Waals surface area contributed by atoms with Gasteiger partial charge in [-0.3, -0.25) is 14.6 Å². The zero-order chi connectivity index (χ0) is 23.8. The van der Waals surface area contributed by atoms with Crippen LogP contribution in [0.3, 0.4) is 0 Å². The smallest absolute Gasteiger partial charge is 0.266 e. The minimum absolute atomic E-state index is 0.0785. The molecule has 1 saturated heterocycles. The third kappa shape index (κ3) is 6.37. The van der Waals surface area contributed by atoms with Crippen LogP contribution in [0.15, 0.2) is 42.5 Å². The zero-order valence-electron chi connectivity index (χ0n) is 19.7. The molecule has 2 aromatic carbocycles. The molecule has 182 valence electrons. The second-order valence-electron chi connectivity index (χ2n) is 7.88. The van der Waals surface area contributed by atoms with Gasteiger partial charge in [0.25, 0.3) is 5.91 Å². The van der Waals surface area contributed by atoms with Crippen LogP contribution in [0.5, 0.6) is 17.2 Å². The number of rotatable bonds is 11. The number of nitrogens with zero attached hydrogens (tertiary/aromatic N) is 3. The van der Waals surface area contributed by atoms with Crippen LogP contribution in [0.25, 0.3) is 10.2 Å².